The minimum absolute atomic E-state index is 0.0995. The van der Waals surface area contributed by atoms with Gasteiger partial charge in [-0.25, -0.2) is 26.3 Å². The van der Waals surface area contributed by atoms with Crippen molar-refractivity contribution in [2.45, 2.75) is 119 Å². The van der Waals surface area contributed by atoms with Crippen LogP contribution in [0.15, 0.2) is 109 Å². The third kappa shape index (κ3) is 20.1. The van der Waals surface area contributed by atoms with E-state index < -0.39 is 40.6 Å². The maximum atomic E-state index is 12.9. The molecule has 0 spiro atoms. The number of halogens is 12. The first-order valence-electron chi connectivity index (χ1n) is 21.4. The first-order chi connectivity index (χ1) is 30.7. The average Bonchev–Trinajstić information content (AvgIpc) is 3.23. The molecule has 0 amide bonds. The summed E-state index contributed by atoms with van der Waals surface area (Å²) in [6.45, 7) is 23.6. The van der Waals surface area contributed by atoms with Crippen molar-refractivity contribution in [3.8, 4) is 0 Å². The highest BCUT2D eigenvalue weighted by atomic mass is 35.5. The van der Waals surface area contributed by atoms with Gasteiger partial charge in [0.1, 0.15) is 5.82 Å². The molecule has 12 heteroatoms. The summed E-state index contributed by atoms with van der Waals surface area (Å²) in [5, 5.41) is 4.65. The second-order valence-electron chi connectivity index (χ2n) is 16.8. The molecule has 0 nitrogen and oxygen atoms in total. The fourth-order valence-corrected chi connectivity index (χ4v) is 7.84. The predicted molar refractivity (Wildman–Crippen MR) is 273 cm³/mol. The van der Waals surface area contributed by atoms with Crippen molar-refractivity contribution < 1.29 is 26.3 Å². The van der Waals surface area contributed by atoms with Gasteiger partial charge in [-0.05, 0) is 112 Å². The molecule has 0 fully saturated rings. The Morgan fingerprint density at radius 3 is 1.03 bits per heavy atom. The van der Waals surface area contributed by atoms with E-state index >= 15 is 0 Å². The minimum Gasteiger partial charge on any atom is -0.207 e. The Balaban J connectivity index is 0.000000398. The molecule has 0 N–H and O–H groups in total. The normalized spacial score (nSPS) is 10.6. The molecule has 6 aromatic rings. The molecule has 0 aliphatic carbocycles. The molecule has 0 aliphatic rings. The van der Waals surface area contributed by atoms with Crippen LogP contribution >= 0.6 is 69.6 Å². The molecule has 66 heavy (non-hydrogen) atoms. The average molecular weight is 1040 g/mol. The van der Waals surface area contributed by atoms with Crippen LogP contribution < -0.4 is 0 Å². The van der Waals surface area contributed by atoms with E-state index in [0.717, 1.165) is 41.8 Å². The lowest BCUT2D eigenvalue weighted by Gasteiger charge is -2.10. The van der Waals surface area contributed by atoms with Gasteiger partial charge in [0.2, 0.25) is 5.82 Å². The lowest BCUT2D eigenvalue weighted by atomic mass is 10.0. The molecule has 0 atom stereocenters. The zero-order chi connectivity index (χ0) is 50.6. The van der Waals surface area contributed by atoms with Gasteiger partial charge >= 0.3 is 0 Å². The van der Waals surface area contributed by atoms with Crippen molar-refractivity contribution >= 4 is 69.6 Å². The summed E-state index contributed by atoms with van der Waals surface area (Å²) in [7, 11) is 0. The third-order valence-corrected chi connectivity index (χ3v) is 11.4. The summed E-state index contributed by atoms with van der Waals surface area (Å²) in [6, 6.07) is 34.0. The van der Waals surface area contributed by atoms with Gasteiger partial charge in [-0.2, -0.15) is 0 Å². The second kappa shape index (κ2) is 30.2. The molecule has 0 radical (unpaired) electrons. The molecule has 0 aliphatic heterocycles. The Labute approximate surface area is 419 Å². The molecular formula is C54H60Cl6F6. The number of benzene rings is 6. The van der Waals surface area contributed by atoms with E-state index in [1.165, 1.54) is 31.0 Å². The largest absolute Gasteiger partial charge is 0.207 e. The van der Waals surface area contributed by atoms with Gasteiger partial charge in [0.05, 0.1) is 0 Å². The van der Waals surface area contributed by atoms with E-state index in [-0.39, 0.29) is 11.7 Å². The molecule has 6 aromatic carbocycles. The van der Waals surface area contributed by atoms with Gasteiger partial charge in [0, 0.05) is 35.7 Å². The maximum absolute atomic E-state index is 12.9. The Bertz CT molecular complexity index is 2280. The van der Waals surface area contributed by atoms with Crippen LogP contribution in [0.3, 0.4) is 0 Å². The van der Waals surface area contributed by atoms with Crippen molar-refractivity contribution in [2.24, 2.45) is 0 Å². The van der Waals surface area contributed by atoms with E-state index in [0.29, 0.717) is 28.7 Å². The fourth-order valence-electron chi connectivity index (χ4n) is 5.90. The Kier molecular flexibility index (Phi) is 27.8. The van der Waals surface area contributed by atoms with E-state index in [4.69, 9.17) is 69.6 Å². The van der Waals surface area contributed by atoms with E-state index in [1.807, 2.05) is 86.6 Å². The quantitative estimate of drug-likeness (QED) is 0.0886. The highest BCUT2D eigenvalue weighted by Crippen LogP contribution is 2.31. The van der Waals surface area contributed by atoms with Crippen molar-refractivity contribution in [3.05, 3.63) is 208 Å². The van der Waals surface area contributed by atoms with Crippen LogP contribution in [0.25, 0.3) is 0 Å². The van der Waals surface area contributed by atoms with E-state index in [9.17, 15) is 26.3 Å². The lowest BCUT2D eigenvalue weighted by molar-refractivity contribution is 0.366. The van der Waals surface area contributed by atoms with Gasteiger partial charge in [0.25, 0.3) is 0 Å². The van der Waals surface area contributed by atoms with Gasteiger partial charge in [0.15, 0.2) is 23.3 Å². The van der Waals surface area contributed by atoms with Gasteiger partial charge in [-0.15, -0.1) is 0 Å². The van der Waals surface area contributed by atoms with Crippen molar-refractivity contribution in [1.82, 2.24) is 0 Å². The van der Waals surface area contributed by atoms with Gasteiger partial charge in [-0.3, -0.25) is 0 Å². The maximum Gasteiger partial charge on any atom is 0.200 e. The van der Waals surface area contributed by atoms with Crippen molar-refractivity contribution in [2.75, 3.05) is 0 Å². The zero-order valence-electron chi connectivity index (χ0n) is 39.4. The SMILES string of the molecule is CC(C)c1c(Cl)cccc1Cl.CC(C)c1c(F)c(F)c(F)c(F)c1F.CC(C)c1ccc(Cl)cc1.CC(C)c1ccc(Cl)cc1Cl.CC(C)c1ccccc1Cl.CC(C)c1ccccc1F. The van der Waals surface area contributed by atoms with Crippen molar-refractivity contribution in [1.29, 1.82) is 0 Å². The van der Waals surface area contributed by atoms with Crippen LogP contribution in [-0.2, 0) is 0 Å². The van der Waals surface area contributed by atoms with Gasteiger partial charge in [-0.1, -0.05) is 213 Å². The molecule has 360 valence electrons. The Hall–Kier alpha value is -3.36. The molecule has 6 rings (SSSR count). The summed E-state index contributed by atoms with van der Waals surface area (Å²) >= 11 is 35.2. The van der Waals surface area contributed by atoms with Crippen LogP contribution in [0, 0.1) is 34.9 Å². The van der Waals surface area contributed by atoms with Crippen LogP contribution in [0.2, 0.25) is 30.1 Å². The highest BCUT2D eigenvalue weighted by Gasteiger charge is 2.26. The second-order valence-corrected chi connectivity index (χ2v) is 19.3. The first-order valence-corrected chi connectivity index (χ1v) is 23.7. The molecule has 0 aromatic heterocycles. The van der Waals surface area contributed by atoms with Crippen LogP contribution in [0.4, 0.5) is 26.3 Å². The smallest absolute Gasteiger partial charge is 0.200 e. The Morgan fingerprint density at radius 2 is 0.682 bits per heavy atom. The predicted octanol–water partition coefficient (Wildman–Crippen LogP) is 21.6. The number of rotatable bonds is 6. The van der Waals surface area contributed by atoms with E-state index in [2.05, 4.69) is 73.6 Å². The molecule has 0 heterocycles. The fraction of sp³-hybridized carbons (Fsp3) is 0.333. The molecule has 0 saturated heterocycles. The topological polar surface area (TPSA) is 0 Å². The van der Waals surface area contributed by atoms with Crippen LogP contribution in [-0.4, -0.2) is 0 Å². The molecule has 0 unspecified atom stereocenters. The van der Waals surface area contributed by atoms with Gasteiger partial charge < -0.3 is 0 Å². The van der Waals surface area contributed by atoms with Crippen LogP contribution in [0.1, 0.15) is 152 Å². The standard InChI is InChI=1S/2C9H10Cl2.2C9H11Cl.C9H7F5.C9H11F/c1-6(2)8-4-3-7(10)5-9(8)11;1-6(2)9-7(10)4-3-5-8(9)11;1-7(2)8-3-5-9(10)6-4-8;1-7(2)8-5-3-4-6-9(8)10;1-3(2)4-5(10)7(12)9(14)8(13)6(4)11;1-7(2)8-5-3-4-6-9(8)10/h2*3-6H,1-2H3;2*3-7H,1-2H3;3H,1-2H3;3-7H,1-2H3. The van der Waals surface area contributed by atoms with Crippen LogP contribution in [0.5, 0.6) is 0 Å². The number of hydrogen-bond acceptors (Lipinski definition) is 0. The Morgan fingerprint density at radius 1 is 0.303 bits per heavy atom. The minimum atomic E-state index is -2.12. The number of hydrogen-bond donors (Lipinski definition) is 0. The lowest BCUT2D eigenvalue weighted by Crippen LogP contribution is -2.08. The summed E-state index contributed by atoms with van der Waals surface area (Å²) in [4.78, 5) is 0. The summed E-state index contributed by atoms with van der Waals surface area (Å²) in [6.07, 6.45) is 0. The zero-order valence-corrected chi connectivity index (χ0v) is 43.9. The summed E-state index contributed by atoms with van der Waals surface area (Å²) in [5.74, 6) is -8.04. The molecular weight excluding hydrogens is 975 g/mol. The summed E-state index contributed by atoms with van der Waals surface area (Å²) in [5.41, 5.74) is 4.77. The van der Waals surface area contributed by atoms with Crippen molar-refractivity contribution in [3.63, 3.8) is 0 Å². The molecule has 0 bridgehead atoms. The third-order valence-electron chi connectivity index (χ3n) is 9.57. The van der Waals surface area contributed by atoms with E-state index in [1.54, 1.807) is 12.1 Å². The highest BCUT2D eigenvalue weighted by molar-refractivity contribution is 6.36. The molecule has 0 saturated carbocycles. The monoisotopic (exact) mass is 1030 g/mol. The summed E-state index contributed by atoms with van der Waals surface area (Å²) < 4.78 is 76.4. The first kappa shape index (κ1) is 60.7.